The summed E-state index contributed by atoms with van der Waals surface area (Å²) in [5.41, 5.74) is 0.796. The number of carbonyl (C=O) groups excluding carboxylic acids is 1. The first-order chi connectivity index (χ1) is 11.1. The number of hydrogen-bond donors (Lipinski definition) is 1. The molecular formula is C15H16BrN3O3S. The van der Waals surface area contributed by atoms with Gasteiger partial charge in [-0.25, -0.2) is 0 Å². The lowest BCUT2D eigenvalue weighted by Crippen LogP contribution is -2.19. The van der Waals surface area contributed by atoms with E-state index in [1.807, 2.05) is 19.1 Å². The van der Waals surface area contributed by atoms with E-state index in [-0.39, 0.29) is 5.91 Å². The zero-order valence-corrected chi connectivity index (χ0v) is 14.9. The van der Waals surface area contributed by atoms with Crippen LogP contribution in [0.4, 0.5) is 0 Å². The van der Waals surface area contributed by atoms with Crippen LogP contribution in [0, 0.1) is 0 Å². The Morgan fingerprint density at radius 2 is 2.30 bits per heavy atom. The van der Waals surface area contributed by atoms with Gasteiger partial charge in [-0.3, -0.25) is 4.79 Å². The van der Waals surface area contributed by atoms with Gasteiger partial charge < -0.3 is 14.8 Å². The van der Waals surface area contributed by atoms with Gasteiger partial charge in [0.1, 0.15) is 6.61 Å². The van der Waals surface area contributed by atoms with Crippen LogP contribution >= 0.6 is 27.7 Å². The van der Waals surface area contributed by atoms with E-state index in [0.29, 0.717) is 35.6 Å². The molecule has 2 rings (SSSR count). The summed E-state index contributed by atoms with van der Waals surface area (Å²) < 4.78 is 12.0. The fourth-order valence-electron chi connectivity index (χ4n) is 1.73. The molecule has 0 radical (unpaired) electrons. The number of benzene rings is 1. The van der Waals surface area contributed by atoms with E-state index < -0.39 is 0 Å². The van der Waals surface area contributed by atoms with Crippen molar-refractivity contribution in [3.63, 3.8) is 0 Å². The second-order valence-corrected chi connectivity index (χ2v) is 6.17. The fraction of sp³-hybridized carbons (Fsp3) is 0.267. The molecule has 1 aliphatic rings. The van der Waals surface area contributed by atoms with Crippen LogP contribution in [0.15, 0.2) is 39.5 Å². The quantitative estimate of drug-likeness (QED) is 0.436. The lowest BCUT2D eigenvalue weighted by Gasteiger charge is -2.13. The van der Waals surface area contributed by atoms with Crippen LogP contribution < -0.4 is 14.8 Å². The molecule has 0 aliphatic carbocycles. The summed E-state index contributed by atoms with van der Waals surface area (Å²) in [6.45, 7) is 6.44. The summed E-state index contributed by atoms with van der Waals surface area (Å²) in [5, 5.41) is 11.1. The van der Waals surface area contributed by atoms with E-state index >= 15 is 0 Å². The number of carbonyl (C=O) groups is 1. The molecule has 23 heavy (non-hydrogen) atoms. The minimum atomic E-state index is -0.0611. The highest BCUT2D eigenvalue weighted by Gasteiger charge is 2.16. The van der Waals surface area contributed by atoms with Crippen LogP contribution in [0.2, 0.25) is 0 Å². The summed E-state index contributed by atoms with van der Waals surface area (Å²) in [4.78, 5) is 11.1. The van der Waals surface area contributed by atoms with E-state index in [1.165, 1.54) is 11.8 Å². The highest BCUT2D eigenvalue weighted by Crippen LogP contribution is 2.36. The fourth-order valence-corrected chi connectivity index (χ4v) is 2.94. The van der Waals surface area contributed by atoms with Crippen molar-refractivity contribution in [3.05, 3.63) is 34.8 Å². The molecule has 6 nitrogen and oxygen atoms in total. The maximum absolute atomic E-state index is 11.1. The highest BCUT2D eigenvalue weighted by atomic mass is 79.9. The minimum Gasteiger partial charge on any atom is -0.490 e. The minimum absolute atomic E-state index is 0.0611. The molecule has 122 valence electrons. The molecule has 1 aliphatic heterocycles. The van der Waals surface area contributed by atoms with Crippen molar-refractivity contribution in [3.8, 4) is 11.5 Å². The SMILES string of the molecule is C=CCOc1c(Br)cc(C=NN=C2NC(=O)CS2)cc1OCC. The number of thioether (sulfide) groups is 1. The zero-order valence-electron chi connectivity index (χ0n) is 12.5. The maximum Gasteiger partial charge on any atom is 0.236 e. The van der Waals surface area contributed by atoms with E-state index in [4.69, 9.17) is 9.47 Å². The number of nitrogens with one attached hydrogen (secondary N) is 1. The van der Waals surface area contributed by atoms with Gasteiger partial charge >= 0.3 is 0 Å². The molecule has 0 bridgehead atoms. The number of hydrogen-bond acceptors (Lipinski definition) is 6. The van der Waals surface area contributed by atoms with Crippen molar-refractivity contribution >= 4 is 45.0 Å². The molecule has 0 atom stereocenters. The Morgan fingerprint density at radius 1 is 1.48 bits per heavy atom. The van der Waals surface area contributed by atoms with Gasteiger partial charge in [0.15, 0.2) is 16.7 Å². The van der Waals surface area contributed by atoms with E-state index in [1.54, 1.807) is 12.3 Å². The molecular weight excluding hydrogens is 382 g/mol. The van der Waals surface area contributed by atoms with Crippen LogP contribution in [-0.2, 0) is 4.79 Å². The third-order valence-corrected chi connectivity index (χ3v) is 4.07. The van der Waals surface area contributed by atoms with Crippen molar-refractivity contribution in [1.29, 1.82) is 0 Å². The summed E-state index contributed by atoms with van der Waals surface area (Å²) in [7, 11) is 0. The second kappa shape index (κ2) is 8.73. The van der Waals surface area contributed by atoms with Gasteiger partial charge in [0, 0.05) is 0 Å². The van der Waals surface area contributed by atoms with Crippen molar-refractivity contribution in [2.45, 2.75) is 6.92 Å². The molecule has 0 spiro atoms. The van der Waals surface area contributed by atoms with E-state index in [2.05, 4.69) is 38.0 Å². The molecule has 1 N–H and O–H groups in total. The Labute approximate surface area is 147 Å². The van der Waals surface area contributed by atoms with Crippen LogP contribution in [0.25, 0.3) is 0 Å². The summed E-state index contributed by atoms with van der Waals surface area (Å²) in [6, 6.07) is 3.67. The average molecular weight is 398 g/mol. The Balaban J connectivity index is 2.18. The number of amidine groups is 1. The summed E-state index contributed by atoms with van der Waals surface area (Å²) in [5.74, 6) is 1.55. The molecule has 1 heterocycles. The van der Waals surface area contributed by atoms with E-state index in [0.717, 1.165) is 10.0 Å². The first-order valence-electron chi connectivity index (χ1n) is 6.87. The number of rotatable bonds is 7. The topological polar surface area (TPSA) is 72.3 Å². The zero-order chi connectivity index (χ0) is 16.7. The standard InChI is InChI=1S/C15H16BrN3O3S/c1-3-5-22-14-11(16)6-10(7-12(14)21-4-2)8-17-19-15-18-13(20)9-23-15/h3,6-8H,1,4-5,9H2,2H3,(H,18,19,20). The predicted molar refractivity (Wildman–Crippen MR) is 96.6 cm³/mol. The van der Waals surface area contributed by atoms with Gasteiger partial charge in [-0.2, -0.15) is 5.10 Å². The average Bonchev–Trinajstić information content (AvgIpc) is 2.92. The molecule has 1 fully saturated rings. The molecule has 1 amide bonds. The van der Waals surface area contributed by atoms with Crippen molar-refractivity contribution in [2.75, 3.05) is 19.0 Å². The van der Waals surface area contributed by atoms with Gasteiger partial charge in [0.25, 0.3) is 0 Å². The van der Waals surface area contributed by atoms with E-state index in [9.17, 15) is 4.79 Å². The van der Waals surface area contributed by atoms with Gasteiger partial charge in [0.2, 0.25) is 5.91 Å². The third-order valence-electron chi connectivity index (χ3n) is 2.62. The first kappa shape index (κ1) is 17.6. The largest absolute Gasteiger partial charge is 0.490 e. The number of ether oxygens (including phenoxy) is 2. The Hall–Kier alpha value is -1.80. The number of nitrogens with zero attached hydrogens (tertiary/aromatic N) is 2. The normalized spacial score (nSPS) is 15.9. The van der Waals surface area contributed by atoms with Crippen molar-refractivity contribution in [1.82, 2.24) is 5.32 Å². The predicted octanol–water partition coefficient (Wildman–Crippen LogP) is 2.97. The Kier molecular flexibility index (Phi) is 6.66. The molecule has 1 aromatic carbocycles. The van der Waals surface area contributed by atoms with Gasteiger partial charge in [-0.15, -0.1) is 5.10 Å². The highest BCUT2D eigenvalue weighted by molar-refractivity contribution is 9.10. The molecule has 8 heteroatoms. The molecule has 1 saturated heterocycles. The lowest BCUT2D eigenvalue weighted by molar-refractivity contribution is -0.116. The second-order valence-electron chi connectivity index (χ2n) is 4.35. The maximum atomic E-state index is 11.1. The van der Waals surface area contributed by atoms with Gasteiger partial charge in [0.05, 0.1) is 23.0 Å². The van der Waals surface area contributed by atoms with Gasteiger partial charge in [-0.05, 0) is 40.5 Å². The van der Waals surface area contributed by atoms with Crippen molar-refractivity contribution in [2.24, 2.45) is 10.2 Å². The first-order valence-corrected chi connectivity index (χ1v) is 8.65. The molecule has 0 saturated carbocycles. The Morgan fingerprint density at radius 3 is 2.96 bits per heavy atom. The number of amides is 1. The van der Waals surface area contributed by atoms with Crippen LogP contribution in [0.3, 0.4) is 0 Å². The van der Waals surface area contributed by atoms with Crippen LogP contribution in [0.5, 0.6) is 11.5 Å². The monoisotopic (exact) mass is 397 g/mol. The lowest BCUT2D eigenvalue weighted by atomic mass is 10.2. The third kappa shape index (κ3) is 5.11. The number of halogens is 1. The van der Waals surface area contributed by atoms with Crippen LogP contribution in [-0.4, -0.2) is 36.3 Å². The molecule has 0 unspecified atom stereocenters. The smallest absolute Gasteiger partial charge is 0.236 e. The summed E-state index contributed by atoms with van der Waals surface area (Å²) in [6.07, 6.45) is 3.25. The molecule has 0 aromatic heterocycles. The van der Waals surface area contributed by atoms with Crippen molar-refractivity contribution < 1.29 is 14.3 Å². The summed E-state index contributed by atoms with van der Waals surface area (Å²) >= 11 is 4.79. The molecule has 1 aromatic rings. The Bertz CT molecular complexity index is 662. The van der Waals surface area contributed by atoms with Gasteiger partial charge in [-0.1, -0.05) is 24.4 Å². The van der Waals surface area contributed by atoms with Crippen LogP contribution in [0.1, 0.15) is 12.5 Å².